The van der Waals surface area contributed by atoms with Crippen LogP contribution in [0.5, 0.6) is 11.5 Å². The summed E-state index contributed by atoms with van der Waals surface area (Å²) in [4.78, 5) is 18.3. The van der Waals surface area contributed by atoms with Crippen molar-refractivity contribution in [2.45, 2.75) is 0 Å². The van der Waals surface area contributed by atoms with Crippen molar-refractivity contribution in [3.05, 3.63) is 36.0 Å². The maximum Gasteiger partial charge on any atom is 0.167 e. The molecule has 0 aliphatic rings. The first kappa shape index (κ1) is 15.4. The molecule has 22 heavy (non-hydrogen) atoms. The Labute approximate surface area is 124 Å². The summed E-state index contributed by atoms with van der Waals surface area (Å²) in [6.07, 6.45) is 2.86. The van der Waals surface area contributed by atoms with E-state index < -0.39 is 11.6 Å². The summed E-state index contributed by atoms with van der Waals surface area (Å²) in [7, 11) is 1.59. The normalized spacial score (nSPS) is 10.7. The Hall–Kier alpha value is -3.03. The van der Waals surface area contributed by atoms with Crippen LogP contribution in [0.25, 0.3) is 0 Å². The second-order valence-electron chi connectivity index (χ2n) is 4.08. The molecule has 0 fully saturated rings. The monoisotopic (exact) mass is 306 g/mol. The number of aldehydes is 1. The molecule has 0 unspecified atom stereocenters. The number of hydrogen-bond acceptors (Lipinski definition) is 6. The van der Waals surface area contributed by atoms with Crippen LogP contribution in [-0.2, 0) is 4.79 Å². The molecule has 6 nitrogen and oxygen atoms in total. The summed E-state index contributed by atoms with van der Waals surface area (Å²) in [6.45, 7) is 0. The number of benzene rings is 1. The zero-order chi connectivity index (χ0) is 16.1. The number of carbonyl (C=O) groups is 1. The second kappa shape index (κ2) is 6.61. The predicted octanol–water partition coefficient (Wildman–Crippen LogP) is 2.68. The van der Waals surface area contributed by atoms with E-state index in [2.05, 4.69) is 15.3 Å². The van der Waals surface area contributed by atoms with Gasteiger partial charge in [0.1, 0.15) is 11.5 Å². The maximum absolute atomic E-state index is 13.8. The average molecular weight is 306 g/mol. The lowest BCUT2D eigenvalue weighted by Gasteiger charge is -2.12. The third-order valence-electron chi connectivity index (χ3n) is 2.66. The molecule has 2 aromatic rings. The van der Waals surface area contributed by atoms with E-state index in [1.807, 2.05) is 0 Å². The van der Waals surface area contributed by atoms with Crippen LogP contribution >= 0.6 is 0 Å². The van der Waals surface area contributed by atoms with E-state index in [-0.39, 0.29) is 22.9 Å². The summed E-state index contributed by atoms with van der Waals surface area (Å²) in [5.74, 6) is -1.58. The van der Waals surface area contributed by atoms with E-state index in [1.165, 1.54) is 12.3 Å². The largest absolute Gasteiger partial charge is 0.452 e. The number of ether oxygens (including phenoxy) is 1. The van der Waals surface area contributed by atoms with Crippen molar-refractivity contribution in [3.8, 4) is 11.5 Å². The molecule has 2 rings (SSSR count). The predicted molar refractivity (Wildman–Crippen MR) is 78.8 cm³/mol. The Balaban J connectivity index is 2.47. The van der Waals surface area contributed by atoms with E-state index in [0.29, 0.717) is 12.1 Å². The van der Waals surface area contributed by atoms with Crippen LogP contribution < -0.4 is 15.8 Å². The molecule has 0 bridgehead atoms. The first-order valence-electron chi connectivity index (χ1n) is 6.13. The lowest BCUT2D eigenvalue weighted by molar-refractivity contribution is -0.102. The number of hydrogen-bond donors (Lipinski definition) is 2. The van der Waals surface area contributed by atoms with Crippen LogP contribution in [0.1, 0.15) is 0 Å². The summed E-state index contributed by atoms with van der Waals surface area (Å²) >= 11 is 0. The number of aromatic nitrogens is 1. The Morgan fingerprint density at radius 2 is 2.09 bits per heavy atom. The van der Waals surface area contributed by atoms with Crippen LogP contribution in [0.15, 0.2) is 29.4 Å². The molecule has 0 saturated heterocycles. The number of nitrogens with two attached hydrogens (primary N) is 1. The van der Waals surface area contributed by atoms with E-state index in [4.69, 9.17) is 10.5 Å². The van der Waals surface area contributed by atoms with Gasteiger partial charge in [-0.2, -0.15) is 0 Å². The standard InChI is InChI=1S/C14H12F2N4O2/c1-18-14-13(19-4-5-21)11(2-3-20-14)22-12-7-8(15)10(17)6-9(12)16/h2-7H,17H2,1H3,(H,18,20). The second-order valence-corrected chi connectivity index (χ2v) is 4.08. The number of carbonyl (C=O) groups excluding carboxylic acids is 1. The fourth-order valence-electron chi connectivity index (χ4n) is 1.67. The molecular formula is C14H12F2N4O2. The highest BCUT2D eigenvalue weighted by Crippen LogP contribution is 2.37. The van der Waals surface area contributed by atoms with Crippen LogP contribution in [-0.4, -0.2) is 24.5 Å². The molecule has 8 heteroatoms. The molecule has 0 spiro atoms. The molecule has 0 atom stereocenters. The number of nitrogens with one attached hydrogen (secondary N) is 1. The van der Waals surface area contributed by atoms with E-state index >= 15 is 0 Å². The van der Waals surface area contributed by atoms with Gasteiger partial charge in [-0.3, -0.25) is 4.79 Å². The van der Waals surface area contributed by atoms with Gasteiger partial charge in [0.15, 0.2) is 29.4 Å². The Morgan fingerprint density at radius 3 is 2.77 bits per heavy atom. The van der Waals surface area contributed by atoms with E-state index in [0.717, 1.165) is 18.3 Å². The van der Waals surface area contributed by atoms with Gasteiger partial charge in [-0.05, 0) is 0 Å². The SMILES string of the molecule is CNc1nccc(Oc2cc(F)c(N)cc2F)c1N=CC=O. The van der Waals surface area contributed by atoms with Crippen molar-refractivity contribution in [3.63, 3.8) is 0 Å². The van der Waals surface area contributed by atoms with Crippen LogP contribution in [0.2, 0.25) is 0 Å². The number of rotatable bonds is 5. The van der Waals surface area contributed by atoms with Crippen LogP contribution in [0.3, 0.4) is 0 Å². The molecule has 3 N–H and O–H groups in total. The lowest BCUT2D eigenvalue weighted by Crippen LogP contribution is -1.98. The minimum atomic E-state index is -0.827. The highest BCUT2D eigenvalue weighted by Gasteiger charge is 2.14. The number of nitrogen functional groups attached to an aromatic ring is 1. The van der Waals surface area contributed by atoms with Gasteiger partial charge in [-0.15, -0.1) is 0 Å². The molecule has 0 aliphatic heterocycles. The topological polar surface area (TPSA) is 89.6 Å². The van der Waals surface area contributed by atoms with Gasteiger partial charge >= 0.3 is 0 Å². The first-order chi connectivity index (χ1) is 10.6. The highest BCUT2D eigenvalue weighted by molar-refractivity contribution is 6.14. The van der Waals surface area contributed by atoms with Gasteiger partial charge in [0.25, 0.3) is 0 Å². The third kappa shape index (κ3) is 3.17. The molecule has 0 saturated carbocycles. The first-order valence-corrected chi connectivity index (χ1v) is 6.13. The van der Waals surface area contributed by atoms with Gasteiger partial charge in [0.05, 0.1) is 11.9 Å². The quantitative estimate of drug-likeness (QED) is 0.503. The molecule has 1 aromatic heterocycles. The van der Waals surface area contributed by atoms with Gasteiger partial charge in [-0.1, -0.05) is 0 Å². The molecule has 114 valence electrons. The number of halogens is 2. The van der Waals surface area contributed by atoms with E-state index in [9.17, 15) is 13.6 Å². The van der Waals surface area contributed by atoms with Gasteiger partial charge in [-0.25, -0.2) is 18.8 Å². The van der Waals surface area contributed by atoms with Gasteiger partial charge in [0.2, 0.25) is 0 Å². The lowest BCUT2D eigenvalue weighted by atomic mass is 10.2. The summed E-state index contributed by atoms with van der Waals surface area (Å²) in [5.41, 5.74) is 5.12. The minimum absolute atomic E-state index is 0.0977. The fraction of sp³-hybridized carbons (Fsp3) is 0.0714. The van der Waals surface area contributed by atoms with Gasteiger partial charge in [0, 0.05) is 31.4 Å². The number of pyridine rings is 1. The van der Waals surface area contributed by atoms with Crippen molar-refractivity contribution >= 4 is 29.7 Å². The zero-order valence-electron chi connectivity index (χ0n) is 11.5. The minimum Gasteiger partial charge on any atom is -0.452 e. The number of nitrogens with zero attached hydrogens (tertiary/aromatic N) is 2. The molecule has 1 heterocycles. The zero-order valence-corrected chi connectivity index (χ0v) is 11.5. The van der Waals surface area contributed by atoms with Gasteiger partial charge < -0.3 is 15.8 Å². The average Bonchev–Trinajstić information content (AvgIpc) is 2.51. The summed E-state index contributed by atoms with van der Waals surface area (Å²) < 4.78 is 32.6. The molecule has 0 amide bonds. The fourth-order valence-corrected chi connectivity index (χ4v) is 1.67. The van der Waals surface area contributed by atoms with Crippen molar-refractivity contribution in [1.29, 1.82) is 0 Å². The van der Waals surface area contributed by atoms with E-state index in [1.54, 1.807) is 7.05 Å². The third-order valence-corrected chi connectivity index (χ3v) is 2.66. The molecule has 1 aromatic carbocycles. The van der Waals surface area contributed by atoms with Crippen molar-refractivity contribution in [1.82, 2.24) is 4.98 Å². The van der Waals surface area contributed by atoms with Crippen LogP contribution in [0.4, 0.5) is 26.0 Å². The molecule has 0 radical (unpaired) electrons. The Kier molecular flexibility index (Phi) is 4.62. The Bertz CT molecular complexity index is 735. The Morgan fingerprint density at radius 1 is 1.32 bits per heavy atom. The summed E-state index contributed by atoms with van der Waals surface area (Å²) in [5, 5.41) is 2.76. The number of anilines is 2. The highest BCUT2D eigenvalue weighted by atomic mass is 19.1. The summed E-state index contributed by atoms with van der Waals surface area (Å²) in [6, 6.07) is 3.06. The van der Waals surface area contributed by atoms with Crippen LogP contribution in [0, 0.1) is 11.6 Å². The maximum atomic E-state index is 13.8. The van der Waals surface area contributed by atoms with Crippen molar-refractivity contribution < 1.29 is 18.3 Å². The van der Waals surface area contributed by atoms with Crippen molar-refractivity contribution in [2.75, 3.05) is 18.1 Å². The smallest absolute Gasteiger partial charge is 0.167 e. The molecular weight excluding hydrogens is 294 g/mol. The number of aliphatic imine (C=N–C) groups is 1. The van der Waals surface area contributed by atoms with Crippen molar-refractivity contribution in [2.24, 2.45) is 4.99 Å². The molecule has 0 aliphatic carbocycles.